The van der Waals surface area contributed by atoms with Crippen LogP contribution in [-0.2, 0) is 4.79 Å². The molecule has 2 unspecified atom stereocenters. The number of likely N-dealkylation sites (tertiary alicyclic amines) is 1. The Labute approximate surface area is 113 Å². The molecule has 19 heavy (non-hydrogen) atoms. The molecule has 0 aliphatic carbocycles. The van der Waals surface area contributed by atoms with Crippen molar-refractivity contribution in [3.05, 3.63) is 35.6 Å². The second kappa shape index (κ2) is 6.15. The molecule has 0 spiro atoms. The predicted molar refractivity (Wildman–Crippen MR) is 73.2 cm³/mol. The van der Waals surface area contributed by atoms with Gasteiger partial charge in [0.2, 0.25) is 5.91 Å². The van der Waals surface area contributed by atoms with Crippen molar-refractivity contribution in [3.63, 3.8) is 0 Å². The topological polar surface area (TPSA) is 32.3 Å². The van der Waals surface area contributed by atoms with Gasteiger partial charge in [0.1, 0.15) is 5.82 Å². The molecule has 1 amide bonds. The van der Waals surface area contributed by atoms with Crippen molar-refractivity contribution in [2.24, 2.45) is 0 Å². The van der Waals surface area contributed by atoms with Gasteiger partial charge < -0.3 is 5.32 Å². The van der Waals surface area contributed by atoms with Crippen molar-refractivity contribution >= 4 is 5.91 Å². The summed E-state index contributed by atoms with van der Waals surface area (Å²) in [5.41, 5.74) is 0.989. The van der Waals surface area contributed by atoms with Crippen molar-refractivity contribution in [3.8, 4) is 0 Å². The Bertz CT molecular complexity index is 450. The summed E-state index contributed by atoms with van der Waals surface area (Å²) in [6.45, 7) is 5.46. The van der Waals surface area contributed by atoms with Crippen LogP contribution < -0.4 is 5.32 Å². The lowest BCUT2D eigenvalue weighted by molar-refractivity contribution is -0.120. The zero-order valence-corrected chi connectivity index (χ0v) is 11.5. The zero-order chi connectivity index (χ0) is 13.8. The molecule has 2 atom stereocenters. The first-order chi connectivity index (χ1) is 9.06. The molecule has 0 radical (unpaired) electrons. The van der Waals surface area contributed by atoms with Crippen LogP contribution in [0.1, 0.15) is 38.3 Å². The first-order valence-corrected chi connectivity index (χ1v) is 6.83. The number of carbonyl (C=O) groups excluding carboxylic acids is 1. The highest BCUT2D eigenvalue weighted by atomic mass is 19.1. The number of nitrogens with one attached hydrogen (secondary N) is 1. The van der Waals surface area contributed by atoms with E-state index in [2.05, 4.69) is 17.1 Å². The van der Waals surface area contributed by atoms with Crippen LogP contribution in [0.2, 0.25) is 0 Å². The van der Waals surface area contributed by atoms with Crippen LogP contribution in [0, 0.1) is 5.82 Å². The molecule has 0 bridgehead atoms. The number of hydrogen-bond donors (Lipinski definition) is 1. The van der Waals surface area contributed by atoms with E-state index in [1.165, 1.54) is 6.07 Å². The second-order valence-corrected chi connectivity index (χ2v) is 5.27. The summed E-state index contributed by atoms with van der Waals surface area (Å²) in [6.07, 6.45) is 2.08. The average Bonchev–Trinajstić information content (AvgIpc) is 2.37. The molecule has 2 rings (SSSR count). The molecule has 1 aromatic rings. The smallest absolute Gasteiger partial charge is 0.217 e. The molecule has 3 nitrogen and oxygen atoms in total. The second-order valence-electron chi connectivity index (χ2n) is 5.27. The number of amides is 1. The first kappa shape index (κ1) is 14.0. The third-order valence-corrected chi connectivity index (χ3v) is 3.74. The Morgan fingerprint density at radius 1 is 1.53 bits per heavy atom. The normalized spacial score (nSPS) is 21.9. The summed E-state index contributed by atoms with van der Waals surface area (Å²) >= 11 is 0. The van der Waals surface area contributed by atoms with Gasteiger partial charge in [0.25, 0.3) is 0 Å². The molecule has 1 heterocycles. The zero-order valence-electron chi connectivity index (χ0n) is 11.5. The highest BCUT2D eigenvalue weighted by molar-refractivity contribution is 5.73. The minimum Gasteiger partial charge on any atom is -0.352 e. The highest BCUT2D eigenvalue weighted by Gasteiger charge is 2.24. The SMILES string of the molecule is CC(=O)NC1CCCN(C(C)c2cccc(F)c2)C1. The lowest BCUT2D eigenvalue weighted by atomic mass is 10.0. The molecular weight excluding hydrogens is 243 g/mol. The number of piperidine rings is 1. The van der Waals surface area contributed by atoms with E-state index in [4.69, 9.17) is 0 Å². The van der Waals surface area contributed by atoms with Crippen molar-refractivity contribution in [2.75, 3.05) is 13.1 Å². The monoisotopic (exact) mass is 264 g/mol. The van der Waals surface area contributed by atoms with E-state index >= 15 is 0 Å². The van der Waals surface area contributed by atoms with Crippen molar-refractivity contribution in [2.45, 2.75) is 38.8 Å². The number of rotatable bonds is 3. The van der Waals surface area contributed by atoms with E-state index in [1.54, 1.807) is 19.1 Å². The van der Waals surface area contributed by atoms with E-state index in [-0.39, 0.29) is 23.8 Å². The van der Waals surface area contributed by atoms with Crippen LogP contribution in [0.15, 0.2) is 24.3 Å². The molecule has 104 valence electrons. The van der Waals surface area contributed by atoms with Gasteiger partial charge in [0.15, 0.2) is 0 Å². The van der Waals surface area contributed by atoms with Gasteiger partial charge in [-0.1, -0.05) is 12.1 Å². The van der Waals surface area contributed by atoms with Gasteiger partial charge in [-0.05, 0) is 44.0 Å². The fourth-order valence-corrected chi connectivity index (χ4v) is 2.74. The maximum absolute atomic E-state index is 13.3. The molecule has 1 fully saturated rings. The van der Waals surface area contributed by atoms with Crippen LogP contribution in [0.25, 0.3) is 0 Å². The molecule has 1 N–H and O–H groups in total. The number of hydrogen-bond acceptors (Lipinski definition) is 2. The lowest BCUT2D eigenvalue weighted by Gasteiger charge is -2.37. The first-order valence-electron chi connectivity index (χ1n) is 6.83. The van der Waals surface area contributed by atoms with Crippen LogP contribution in [0.4, 0.5) is 4.39 Å². The van der Waals surface area contributed by atoms with Gasteiger partial charge in [0, 0.05) is 25.6 Å². The summed E-state index contributed by atoms with van der Waals surface area (Å²) in [7, 11) is 0. The Balaban J connectivity index is 2.02. The minimum absolute atomic E-state index is 0.0188. The predicted octanol–water partition coefficient (Wildman–Crippen LogP) is 2.49. The summed E-state index contributed by atoms with van der Waals surface area (Å²) in [6, 6.07) is 7.14. The van der Waals surface area contributed by atoms with Gasteiger partial charge in [0.05, 0.1) is 0 Å². The maximum atomic E-state index is 13.3. The quantitative estimate of drug-likeness (QED) is 0.909. The van der Waals surface area contributed by atoms with Crippen LogP contribution in [0.5, 0.6) is 0 Å². The van der Waals surface area contributed by atoms with Gasteiger partial charge in [-0.3, -0.25) is 9.69 Å². The van der Waals surface area contributed by atoms with E-state index in [1.807, 2.05) is 6.07 Å². The standard InChI is InChI=1S/C15H21FN2O/c1-11(13-5-3-6-14(16)9-13)18-8-4-7-15(10-18)17-12(2)19/h3,5-6,9,11,15H,4,7-8,10H2,1-2H3,(H,17,19). The minimum atomic E-state index is -0.195. The van der Waals surface area contributed by atoms with E-state index < -0.39 is 0 Å². The van der Waals surface area contributed by atoms with Crippen LogP contribution in [-0.4, -0.2) is 29.9 Å². The largest absolute Gasteiger partial charge is 0.352 e. The number of benzene rings is 1. The molecular formula is C15H21FN2O. The summed E-state index contributed by atoms with van der Waals surface area (Å²) in [4.78, 5) is 13.4. The fraction of sp³-hybridized carbons (Fsp3) is 0.533. The van der Waals surface area contributed by atoms with Gasteiger partial charge in [-0.2, -0.15) is 0 Å². The number of nitrogens with zero attached hydrogens (tertiary/aromatic N) is 1. The molecule has 1 aromatic carbocycles. The Kier molecular flexibility index (Phi) is 4.53. The lowest BCUT2D eigenvalue weighted by Crippen LogP contribution is -2.47. The van der Waals surface area contributed by atoms with Crippen LogP contribution in [0.3, 0.4) is 0 Å². The Hall–Kier alpha value is -1.42. The molecule has 0 aromatic heterocycles. The Morgan fingerprint density at radius 3 is 3.00 bits per heavy atom. The van der Waals surface area contributed by atoms with Crippen molar-refractivity contribution in [1.82, 2.24) is 10.2 Å². The van der Waals surface area contributed by atoms with Gasteiger partial charge >= 0.3 is 0 Å². The molecule has 1 aliphatic heterocycles. The Morgan fingerprint density at radius 2 is 2.32 bits per heavy atom. The van der Waals surface area contributed by atoms with E-state index in [0.29, 0.717) is 0 Å². The summed E-state index contributed by atoms with van der Waals surface area (Å²) < 4.78 is 13.3. The summed E-state index contributed by atoms with van der Waals surface area (Å²) in [5, 5.41) is 2.97. The molecule has 1 saturated heterocycles. The van der Waals surface area contributed by atoms with E-state index in [9.17, 15) is 9.18 Å². The van der Waals surface area contributed by atoms with Gasteiger partial charge in [-0.15, -0.1) is 0 Å². The van der Waals surface area contributed by atoms with Crippen molar-refractivity contribution < 1.29 is 9.18 Å². The molecule has 4 heteroatoms. The molecule has 0 saturated carbocycles. The van der Waals surface area contributed by atoms with E-state index in [0.717, 1.165) is 31.5 Å². The van der Waals surface area contributed by atoms with Crippen molar-refractivity contribution in [1.29, 1.82) is 0 Å². The maximum Gasteiger partial charge on any atom is 0.217 e. The third-order valence-electron chi connectivity index (χ3n) is 3.74. The average molecular weight is 264 g/mol. The number of carbonyl (C=O) groups is 1. The van der Waals surface area contributed by atoms with Crippen LogP contribution >= 0.6 is 0 Å². The fourth-order valence-electron chi connectivity index (χ4n) is 2.74. The number of halogens is 1. The summed E-state index contributed by atoms with van der Waals surface area (Å²) in [5.74, 6) is -0.176. The molecule has 1 aliphatic rings. The van der Waals surface area contributed by atoms with Gasteiger partial charge in [-0.25, -0.2) is 4.39 Å². The third kappa shape index (κ3) is 3.77. The highest BCUT2D eigenvalue weighted by Crippen LogP contribution is 2.24.